The molecule has 168 valence electrons. The predicted molar refractivity (Wildman–Crippen MR) is 132 cm³/mol. The fourth-order valence-electron chi connectivity index (χ4n) is 4.33. The molecule has 0 bridgehead atoms. The Bertz CT molecular complexity index is 847. The van der Waals surface area contributed by atoms with E-state index < -0.39 is 0 Å². The molecular formula is C22H32IN7O. The second-order valence-electron chi connectivity index (χ2n) is 8.17. The Kier molecular flexibility index (Phi) is 8.68. The normalized spacial score (nSPS) is 19.7. The zero-order valence-electron chi connectivity index (χ0n) is 18.0. The molecule has 9 heteroatoms. The van der Waals surface area contributed by atoms with Crippen molar-refractivity contribution in [3.8, 4) is 5.82 Å². The Morgan fingerprint density at radius 3 is 2.74 bits per heavy atom. The maximum atomic E-state index is 12.8. The number of pyridine rings is 1. The van der Waals surface area contributed by atoms with Gasteiger partial charge < -0.3 is 15.5 Å². The summed E-state index contributed by atoms with van der Waals surface area (Å²) in [5, 5.41) is 6.82. The molecule has 2 N–H and O–H groups in total. The van der Waals surface area contributed by atoms with Gasteiger partial charge in [-0.2, -0.15) is 0 Å². The quantitative estimate of drug-likeness (QED) is 0.348. The second kappa shape index (κ2) is 11.4. The molecule has 0 aromatic carbocycles. The molecule has 1 aliphatic heterocycles. The number of carbonyl (C=O) groups excluding carboxylic acids is 1. The van der Waals surface area contributed by atoms with Gasteiger partial charge in [-0.3, -0.25) is 14.4 Å². The number of guanidine groups is 1. The maximum Gasteiger partial charge on any atom is 0.225 e. The van der Waals surface area contributed by atoms with Crippen molar-refractivity contribution in [2.75, 3.05) is 20.1 Å². The van der Waals surface area contributed by atoms with Crippen LogP contribution in [0.3, 0.4) is 0 Å². The third kappa shape index (κ3) is 6.18. The highest BCUT2D eigenvalue weighted by molar-refractivity contribution is 14.0. The van der Waals surface area contributed by atoms with Crippen LogP contribution in [0.2, 0.25) is 0 Å². The number of rotatable bonds is 5. The number of nitrogens with zero attached hydrogens (tertiary/aromatic N) is 5. The molecule has 0 radical (unpaired) electrons. The molecule has 2 aliphatic rings. The summed E-state index contributed by atoms with van der Waals surface area (Å²) in [5.41, 5.74) is 1.07. The largest absolute Gasteiger partial charge is 0.352 e. The summed E-state index contributed by atoms with van der Waals surface area (Å²) in [4.78, 5) is 27.7. The summed E-state index contributed by atoms with van der Waals surface area (Å²) in [6.45, 7) is 2.23. The lowest BCUT2D eigenvalue weighted by molar-refractivity contribution is -0.135. The summed E-state index contributed by atoms with van der Waals surface area (Å²) in [5.74, 6) is 2.19. The number of hydrogen-bond donors (Lipinski definition) is 2. The first-order chi connectivity index (χ1) is 14.7. The molecular weight excluding hydrogens is 505 g/mol. The van der Waals surface area contributed by atoms with E-state index in [4.69, 9.17) is 0 Å². The number of nitrogens with one attached hydrogen (secondary N) is 2. The summed E-state index contributed by atoms with van der Waals surface area (Å²) in [6, 6.07) is 4.26. The Morgan fingerprint density at radius 2 is 2.06 bits per heavy atom. The summed E-state index contributed by atoms with van der Waals surface area (Å²) < 4.78 is 1.87. The van der Waals surface area contributed by atoms with Crippen LogP contribution in [-0.2, 0) is 11.3 Å². The van der Waals surface area contributed by atoms with E-state index in [1.54, 1.807) is 19.6 Å². The molecule has 31 heavy (non-hydrogen) atoms. The van der Waals surface area contributed by atoms with Crippen molar-refractivity contribution in [3.05, 3.63) is 42.6 Å². The van der Waals surface area contributed by atoms with Crippen LogP contribution in [0.15, 0.2) is 42.0 Å². The minimum absolute atomic E-state index is 0. The molecule has 1 aliphatic carbocycles. The Morgan fingerprint density at radius 1 is 1.23 bits per heavy atom. The monoisotopic (exact) mass is 537 g/mol. The summed E-state index contributed by atoms with van der Waals surface area (Å²) in [6.07, 6.45) is 13.9. The molecule has 2 aromatic heterocycles. The zero-order chi connectivity index (χ0) is 20.8. The molecule has 2 fully saturated rings. The number of likely N-dealkylation sites (tertiary alicyclic amines) is 1. The van der Waals surface area contributed by atoms with Crippen LogP contribution in [0.25, 0.3) is 5.82 Å². The van der Waals surface area contributed by atoms with Gasteiger partial charge in [0.1, 0.15) is 12.1 Å². The van der Waals surface area contributed by atoms with E-state index in [-0.39, 0.29) is 35.9 Å². The first-order valence-corrected chi connectivity index (χ1v) is 10.9. The standard InChI is InChI=1S/C22H31N7O.HI/c1-23-22(26-14-17-7-8-20(25-13-17)29-12-10-24-16-29)27-19-9-11-28(15-19)21(30)18-5-3-2-4-6-18;/h7-8,10,12-13,16,18-19H,2-6,9,11,14-15H2,1H3,(H2,23,26,27);1H. The second-order valence-corrected chi connectivity index (χ2v) is 8.17. The average Bonchev–Trinajstić information content (AvgIpc) is 3.49. The highest BCUT2D eigenvalue weighted by Gasteiger charge is 2.31. The Labute approximate surface area is 201 Å². The van der Waals surface area contributed by atoms with Crippen LogP contribution in [-0.4, -0.2) is 57.5 Å². The molecule has 3 heterocycles. The molecule has 1 amide bonds. The van der Waals surface area contributed by atoms with Crippen LogP contribution in [0.4, 0.5) is 0 Å². The predicted octanol–water partition coefficient (Wildman–Crippen LogP) is 2.73. The number of imidazole rings is 1. The van der Waals surface area contributed by atoms with Crippen molar-refractivity contribution >= 4 is 35.8 Å². The van der Waals surface area contributed by atoms with Crippen LogP contribution < -0.4 is 10.6 Å². The van der Waals surface area contributed by atoms with Crippen molar-refractivity contribution in [2.24, 2.45) is 10.9 Å². The molecule has 1 saturated carbocycles. The summed E-state index contributed by atoms with van der Waals surface area (Å²) >= 11 is 0. The van der Waals surface area contributed by atoms with Crippen molar-refractivity contribution in [1.82, 2.24) is 30.1 Å². The van der Waals surface area contributed by atoms with Gasteiger partial charge in [0, 0.05) is 57.2 Å². The minimum atomic E-state index is 0. The lowest BCUT2D eigenvalue weighted by Crippen LogP contribution is -2.45. The van der Waals surface area contributed by atoms with Crippen molar-refractivity contribution in [3.63, 3.8) is 0 Å². The Hall–Kier alpha value is -2.17. The molecule has 1 unspecified atom stereocenters. The van der Waals surface area contributed by atoms with Gasteiger partial charge in [0.25, 0.3) is 0 Å². The highest BCUT2D eigenvalue weighted by atomic mass is 127. The van der Waals surface area contributed by atoms with E-state index in [1.807, 2.05) is 34.0 Å². The minimum Gasteiger partial charge on any atom is -0.352 e. The van der Waals surface area contributed by atoms with Gasteiger partial charge in [0.15, 0.2) is 5.96 Å². The number of halogens is 1. The first kappa shape index (κ1) is 23.5. The van der Waals surface area contributed by atoms with E-state index in [0.29, 0.717) is 12.5 Å². The van der Waals surface area contributed by atoms with E-state index in [1.165, 1.54) is 19.3 Å². The van der Waals surface area contributed by atoms with E-state index in [9.17, 15) is 4.79 Å². The molecule has 8 nitrogen and oxygen atoms in total. The van der Waals surface area contributed by atoms with Crippen molar-refractivity contribution < 1.29 is 4.79 Å². The van der Waals surface area contributed by atoms with Gasteiger partial charge in [-0.15, -0.1) is 24.0 Å². The van der Waals surface area contributed by atoms with Crippen LogP contribution in [0.1, 0.15) is 44.1 Å². The van der Waals surface area contributed by atoms with Gasteiger partial charge in [-0.1, -0.05) is 25.3 Å². The lowest BCUT2D eigenvalue weighted by Gasteiger charge is -2.26. The number of carbonyl (C=O) groups is 1. The smallest absolute Gasteiger partial charge is 0.225 e. The molecule has 1 saturated heterocycles. The third-order valence-electron chi connectivity index (χ3n) is 6.06. The van der Waals surface area contributed by atoms with Gasteiger partial charge in [-0.05, 0) is 30.9 Å². The number of aliphatic imine (C=N–C) groups is 1. The van der Waals surface area contributed by atoms with Crippen LogP contribution in [0, 0.1) is 5.92 Å². The van der Waals surface area contributed by atoms with E-state index in [0.717, 1.165) is 49.7 Å². The fourth-order valence-corrected chi connectivity index (χ4v) is 4.33. The number of aromatic nitrogens is 3. The molecule has 0 spiro atoms. The molecule has 1 atom stereocenters. The number of amides is 1. The van der Waals surface area contributed by atoms with Gasteiger partial charge >= 0.3 is 0 Å². The molecule has 2 aromatic rings. The number of hydrogen-bond acceptors (Lipinski definition) is 4. The van der Waals surface area contributed by atoms with Gasteiger partial charge in [0.2, 0.25) is 5.91 Å². The zero-order valence-corrected chi connectivity index (χ0v) is 20.4. The summed E-state index contributed by atoms with van der Waals surface area (Å²) in [7, 11) is 1.77. The van der Waals surface area contributed by atoms with Gasteiger partial charge in [0.05, 0.1) is 0 Å². The topological polar surface area (TPSA) is 87.4 Å². The van der Waals surface area contributed by atoms with Crippen LogP contribution in [0.5, 0.6) is 0 Å². The SMILES string of the molecule is CN=C(NCc1ccc(-n2ccnc2)nc1)NC1CCN(C(=O)C2CCCCC2)C1.I. The molecule has 4 rings (SSSR count). The van der Waals surface area contributed by atoms with Crippen molar-refractivity contribution in [1.29, 1.82) is 0 Å². The lowest BCUT2D eigenvalue weighted by atomic mass is 9.88. The van der Waals surface area contributed by atoms with Crippen molar-refractivity contribution in [2.45, 2.75) is 51.1 Å². The van der Waals surface area contributed by atoms with Crippen LogP contribution >= 0.6 is 24.0 Å². The van der Waals surface area contributed by atoms with E-state index >= 15 is 0 Å². The third-order valence-corrected chi connectivity index (χ3v) is 6.06. The first-order valence-electron chi connectivity index (χ1n) is 10.9. The Balaban J connectivity index is 0.00000272. The highest BCUT2D eigenvalue weighted by Crippen LogP contribution is 2.26. The van der Waals surface area contributed by atoms with E-state index in [2.05, 4.69) is 25.6 Å². The average molecular weight is 537 g/mol. The fraction of sp³-hybridized carbons (Fsp3) is 0.545. The van der Waals surface area contributed by atoms with Gasteiger partial charge in [-0.25, -0.2) is 9.97 Å². The maximum absolute atomic E-state index is 12.8.